The molecule has 2 aliphatic rings. The minimum atomic E-state index is -0.625. The Morgan fingerprint density at radius 2 is 1.69 bits per heavy atom. The summed E-state index contributed by atoms with van der Waals surface area (Å²) in [6.45, 7) is 5.60. The Hall–Kier alpha value is -5.36. The van der Waals surface area contributed by atoms with Crippen LogP contribution in [0.4, 0.5) is 10.5 Å². The van der Waals surface area contributed by atoms with E-state index in [0.29, 0.717) is 46.8 Å². The van der Waals surface area contributed by atoms with Gasteiger partial charge in [-0.05, 0) is 55.2 Å². The molecule has 0 aliphatic carbocycles. The standard InChI is InChI=1S/C36H40N6O6/c1-24(25-9-5-4-6-10-25)40-17-19-41(20-18-40)30-12-7-11-28-33(30)35(44)42(34(28)43)29(26-14-15-31(46-2)32(21-26)47-3)13-8-16-37-36(45)48-27-22-38-39-23-27/h4-7,9-12,14-15,21-24,29H,8,13,16-20H2,1-3H3,(H,37,45)(H,38,39)/t24-,29-/m1/s1. The van der Waals surface area contributed by atoms with E-state index in [1.54, 1.807) is 32.4 Å². The largest absolute Gasteiger partial charge is 0.493 e. The molecule has 2 N–H and O–H groups in total. The summed E-state index contributed by atoms with van der Waals surface area (Å²) in [6, 6.07) is 21.0. The number of imide groups is 1. The second-order valence-corrected chi connectivity index (χ2v) is 11.8. The SMILES string of the molecule is COc1ccc([C@@H](CCCNC(=O)Oc2cn[nH]c2)N2C(=O)c3cccc(N4CCN([C@H](C)c5ccccc5)CC4)c3C2=O)cc1OC. The van der Waals surface area contributed by atoms with Gasteiger partial charge in [-0.1, -0.05) is 42.5 Å². The monoisotopic (exact) mass is 652 g/mol. The maximum Gasteiger partial charge on any atom is 0.412 e. The Labute approximate surface area is 279 Å². The lowest BCUT2D eigenvalue weighted by Crippen LogP contribution is -2.47. The molecule has 0 saturated carbocycles. The van der Waals surface area contributed by atoms with Gasteiger partial charge in [0.2, 0.25) is 0 Å². The van der Waals surface area contributed by atoms with Crippen LogP contribution in [0, 0.1) is 0 Å². The summed E-state index contributed by atoms with van der Waals surface area (Å²) in [5, 5.41) is 9.08. The summed E-state index contributed by atoms with van der Waals surface area (Å²) >= 11 is 0. The van der Waals surface area contributed by atoms with Crippen molar-refractivity contribution in [2.24, 2.45) is 0 Å². The molecule has 12 heteroatoms. The Bertz CT molecular complexity index is 1740. The van der Waals surface area contributed by atoms with E-state index in [-0.39, 0.29) is 24.4 Å². The van der Waals surface area contributed by atoms with Gasteiger partial charge in [-0.25, -0.2) is 4.79 Å². The molecule has 48 heavy (non-hydrogen) atoms. The van der Waals surface area contributed by atoms with Crippen LogP contribution in [-0.2, 0) is 0 Å². The lowest BCUT2D eigenvalue weighted by molar-refractivity contribution is 0.0571. The molecule has 3 aromatic carbocycles. The number of aromatic amines is 1. The second-order valence-electron chi connectivity index (χ2n) is 11.8. The predicted octanol–water partition coefficient (Wildman–Crippen LogP) is 5.22. The first kappa shape index (κ1) is 32.6. The summed E-state index contributed by atoms with van der Waals surface area (Å²) in [4.78, 5) is 46.7. The van der Waals surface area contributed by atoms with Gasteiger partial charge in [0, 0.05) is 38.8 Å². The smallest absolute Gasteiger partial charge is 0.412 e. The van der Waals surface area contributed by atoms with Gasteiger partial charge in [-0.2, -0.15) is 5.10 Å². The number of aromatic nitrogens is 2. The van der Waals surface area contributed by atoms with Crippen molar-refractivity contribution in [3.8, 4) is 17.2 Å². The van der Waals surface area contributed by atoms with Gasteiger partial charge in [0.15, 0.2) is 17.2 Å². The zero-order valence-corrected chi connectivity index (χ0v) is 27.3. The first-order chi connectivity index (χ1) is 23.4. The van der Waals surface area contributed by atoms with Crippen LogP contribution in [-0.4, -0.2) is 84.8 Å². The highest BCUT2D eigenvalue weighted by molar-refractivity contribution is 6.24. The van der Waals surface area contributed by atoms with Crippen LogP contribution in [0.2, 0.25) is 0 Å². The van der Waals surface area contributed by atoms with E-state index >= 15 is 0 Å². The van der Waals surface area contributed by atoms with Crippen LogP contribution in [0.3, 0.4) is 0 Å². The van der Waals surface area contributed by atoms with Crippen molar-refractivity contribution in [3.05, 3.63) is 101 Å². The van der Waals surface area contributed by atoms with E-state index in [9.17, 15) is 14.4 Å². The van der Waals surface area contributed by atoms with Gasteiger partial charge in [0.1, 0.15) is 0 Å². The number of methoxy groups -OCH3 is 2. The molecule has 0 bridgehead atoms. The summed E-state index contributed by atoms with van der Waals surface area (Å²) in [5.74, 6) is 0.637. The molecule has 250 valence electrons. The third-order valence-electron chi connectivity index (χ3n) is 9.12. The molecule has 6 rings (SSSR count). The fourth-order valence-electron chi connectivity index (χ4n) is 6.55. The minimum Gasteiger partial charge on any atom is -0.493 e. The predicted molar refractivity (Wildman–Crippen MR) is 180 cm³/mol. The number of rotatable bonds is 12. The summed E-state index contributed by atoms with van der Waals surface area (Å²) in [6.07, 6.45) is 3.09. The number of carbonyl (C=O) groups is 3. The van der Waals surface area contributed by atoms with Crippen LogP contribution < -0.4 is 24.4 Å². The molecular formula is C36H40N6O6. The fourth-order valence-corrected chi connectivity index (χ4v) is 6.55. The summed E-state index contributed by atoms with van der Waals surface area (Å²) in [7, 11) is 3.10. The molecule has 0 radical (unpaired) electrons. The zero-order chi connectivity index (χ0) is 33.6. The average Bonchev–Trinajstić information content (AvgIpc) is 3.73. The van der Waals surface area contributed by atoms with Crippen molar-refractivity contribution < 1.29 is 28.6 Å². The maximum absolute atomic E-state index is 14.4. The van der Waals surface area contributed by atoms with Gasteiger partial charge in [-0.3, -0.25) is 24.5 Å². The molecule has 1 saturated heterocycles. The maximum atomic E-state index is 14.4. The number of hydrogen-bond donors (Lipinski definition) is 2. The number of amides is 3. The van der Waals surface area contributed by atoms with E-state index in [0.717, 1.165) is 31.9 Å². The number of nitrogens with one attached hydrogen (secondary N) is 2. The summed E-state index contributed by atoms with van der Waals surface area (Å²) < 4.78 is 16.2. The van der Waals surface area contributed by atoms with E-state index in [1.165, 1.54) is 22.9 Å². The highest BCUT2D eigenvalue weighted by Crippen LogP contribution is 2.40. The molecule has 2 atom stereocenters. The minimum absolute atomic E-state index is 0.264. The molecule has 3 amide bonds. The summed E-state index contributed by atoms with van der Waals surface area (Å²) in [5.41, 5.74) is 3.58. The number of nitrogens with zero attached hydrogens (tertiary/aromatic N) is 4. The molecule has 12 nitrogen and oxygen atoms in total. The Kier molecular flexibility index (Phi) is 9.91. The Balaban J connectivity index is 1.21. The molecule has 4 aromatic rings. The lowest BCUT2D eigenvalue weighted by Gasteiger charge is -2.39. The van der Waals surface area contributed by atoms with Crippen molar-refractivity contribution in [1.82, 2.24) is 25.3 Å². The molecule has 1 fully saturated rings. The van der Waals surface area contributed by atoms with E-state index in [1.807, 2.05) is 24.3 Å². The van der Waals surface area contributed by atoms with Gasteiger partial charge < -0.3 is 24.4 Å². The molecule has 0 unspecified atom stereocenters. The third kappa shape index (κ3) is 6.70. The molecular weight excluding hydrogens is 612 g/mol. The topological polar surface area (TPSA) is 129 Å². The number of H-pyrrole nitrogens is 1. The van der Waals surface area contributed by atoms with E-state index in [4.69, 9.17) is 14.2 Å². The molecule has 2 aliphatic heterocycles. The third-order valence-corrected chi connectivity index (χ3v) is 9.12. The Morgan fingerprint density at radius 1 is 0.917 bits per heavy atom. The fraction of sp³-hybridized carbons (Fsp3) is 0.333. The number of piperazine rings is 1. The van der Waals surface area contributed by atoms with Crippen LogP contribution in [0.1, 0.15) is 63.7 Å². The Morgan fingerprint density at radius 3 is 2.40 bits per heavy atom. The number of hydrogen-bond acceptors (Lipinski definition) is 9. The van der Waals surface area contributed by atoms with Crippen LogP contribution in [0.15, 0.2) is 79.1 Å². The van der Waals surface area contributed by atoms with Gasteiger partial charge in [0.25, 0.3) is 11.8 Å². The van der Waals surface area contributed by atoms with Crippen molar-refractivity contribution in [2.45, 2.75) is 31.8 Å². The highest BCUT2D eigenvalue weighted by atomic mass is 16.6. The van der Waals surface area contributed by atoms with Gasteiger partial charge in [-0.15, -0.1) is 0 Å². The number of anilines is 1. The normalized spacial score (nSPS) is 16.0. The average molecular weight is 653 g/mol. The van der Waals surface area contributed by atoms with Crippen LogP contribution in [0.5, 0.6) is 17.2 Å². The van der Waals surface area contributed by atoms with Gasteiger partial charge >= 0.3 is 6.09 Å². The number of ether oxygens (including phenoxy) is 3. The highest BCUT2D eigenvalue weighted by Gasteiger charge is 2.43. The molecule has 3 heterocycles. The zero-order valence-electron chi connectivity index (χ0n) is 27.3. The first-order valence-electron chi connectivity index (χ1n) is 16.1. The second kappa shape index (κ2) is 14.6. The van der Waals surface area contributed by atoms with Crippen LogP contribution in [0.25, 0.3) is 0 Å². The lowest BCUT2D eigenvalue weighted by atomic mass is 9.99. The first-order valence-corrected chi connectivity index (χ1v) is 16.1. The van der Waals surface area contributed by atoms with Crippen molar-refractivity contribution in [2.75, 3.05) is 51.8 Å². The van der Waals surface area contributed by atoms with Gasteiger partial charge in [0.05, 0.1) is 49.5 Å². The van der Waals surface area contributed by atoms with Crippen molar-refractivity contribution in [3.63, 3.8) is 0 Å². The number of benzene rings is 3. The van der Waals surface area contributed by atoms with Crippen LogP contribution >= 0.6 is 0 Å². The van der Waals surface area contributed by atoms with E-state index < -0.39 is 12.1 Å². The number of carbonyl (C=O) groups excluding carboxylic acids is 3. The molecule has 0 spiro atoms. The molecule has 1 aromatic heterocycles. The van der Waals surface area contributed by atoms with Crippen molar-refractivity contribution in [1.29, 1.82) is 0 Å². The van der Waals surface area contributed by atoms with E-state index in [2.05, 4.69) is 56.5 Å². The quantitative estimate of drug-likeness (QED) is 0.156. The van der Waals surface area contributed by atoms with Crippen molar-refractivity contribution >= 4 is 23.6 Å². The number of fused-ring (bicyclic) bond motifs is 1.